The Bertz CT molecular complexity index is 1360. The maximum absolute atomic E-state index is 12.2. The first-order chi connectivity index (χ1) is 22.4. The predicted octanol–water partition coefficient (Wildman–Crippen LogP) is 7.17. The summed E-state index contributed by atoms with van der Waals surface area (Å²) in [6, 6.07) is 8.33. The first kappa shape index (κ1) is 42.2. The van der Waals surface area contributed by atoms with Crippen molar-refractivity contribution < 1.29 is 39.1 Å². The van der Waals surface area contributed by atoms with Crippen LogP contribution in [0.5, 0.6) is 5.75 Å². The minimum Gasteiger partial charge on any atom is -0.484 e. The van der Waals surface area contributed by atoms with Gasteiger partial charge in [-0.25, -0.2) is 0 Å². The molecule has 0 aromatic heterocycles. The fraction of sp³-hybridized carbons (Fsp3) is 0.659. The van der Waals surface area contributed by atoms with E-state index in [2.05, 4.69) is 107 Å². The highest BCUT2D eigenvalue weighted by Crippen LogP contribution is 2.50. The van der Waals surface area contributed by atoms with Crippen molar-refractivity contribution in [1.82, 2.24) is 0 Å². The van der Waals surface area contributed by atoms with E-state index in [0.717, 1.165) is 38.9 Å². The van der Waals surface area contributed by atoms with Crippen molar-refractivity contribution in [2.24, 2.45) is 5.41 Å². The number of aliphatic hydroxyl groups excluding tert-OH is 3. The fourth-order valence-electron chi connectivity index (χ4n) is 6.16. The molecule has 0 fully saturated rings. The zero-order chi connectivity index (χ0) is 37.8. The molecule has 0 aliphatic carbocycles. The first-order valence-electron chi connectivity index (χ1n) is 17.4. The van der Waals surface area contributed by atoms with Crippen LogP contribution in [-0.4, -0.2) is 61.3 Å². The molecule has 276 valence electrons. The standard InChI is InChI=1S/C41H64O8/c1-37(2,3)28-19-26(15-17-32(45)47-13)20-29(38(4,5)6)34(28)36(41(23-42,24-43)25-44)49-35-30(39(7,8)9)21-27(16-18-33(46)48-14)22-31(35)40(10,11)12/h19-22,36,42-44H,15-18,23-25H2,1-14H3. The van der Waals surface area contributed by atoms with Crippen LogP contribution in [0, 0.1) is 5.41 Å². The number of hydrogen-bond donors (Lipinski definition) is 3. The van der Waals surface area contributed by atoms with Gasteiger partial charge in [0.2, 0.25) is 0 Å². The van der Waals surface area contributed by atoms with E-state index >= 15 is 0 Å². The van der Waals surface area contributed by atoms with Crippen LogP contribution in [0.2, 0.25) is 0 Å². The van der Waals surface area contributed by atoms with Crippen LogP contribution in [0.1, 0.15) is 141 Å². The Hall–Kier alpha value is -2.94. The van der Waals surface area contributed by atoms with Crippen LogP contribution in [0.15, 0.2) is 24.3 Å². The van der Waals surface area contributed by atoms with Gasteiger partial charge in [-0.1, -0.05) is 107 Å². The van der Waals surface area contributed by atoms with Gasteiger partial charge in [-0.05, 0) is 56.8 Å². The van der Waals surface area contributed by atoms with Crippen LogP contribution in [0.3, 0.4) is 0 Å². The highest BCUT2D eigenvalue weighted by Gasteiger charge is 2.46. The zero-order valence-corrected chi connectivity index (χ0v) is 32.7. The van der Waals surface area contributed by atoms with Crippen LogP contribution in [0.4, 0.5) is 0 Å². The molecule has 2 aromatic carbocycles. The second-order valence-electron chi connectivity index (χ2n) is 17.6. The lowest BCUT2D eigenvalue weighted by atomic mass is 9.68. The average Bonchev–Trinajstić information content (AvgIpc) is 3.00. The largest absolute Gasteiger partial charge is 0.484 e. The quantitative estimate of drug-likeness (QED) is 0.190. The first-order valence-corrected chi connectivity index (χ1v) is 17.4. The minimum atomic E-state index is -1.47. The Morgan fingerprint density at radius 3 is 1.14 bits per heavy atom. The predicted molar refractivity (Wildman–Crippen MR) is 195 cm³/mol. The van der Waals surface area contributed by atoms with Crippen LogP contribution in [-0.2, 0) is 53.6 Å². The van der Waals surface area contributed by atoms with Gasteiger partial charge in [0.05, 0.1) is 39.5 Å². The summed E-state index contributed by atoms with van der Waals surface area (Å²) in [6.45, 7) is 23.7. The van der Waals surface area contributed by atoms with Gasteiger partial charge in [-0.2, -0.15) is 0 Å². The summed E-state index contributed by atoms with van der Waals surface area (Å²) in [5, 5.41) is 33.2. The third kappa shape index (κ3) is 10.3. The van der Waals surface area contributed by atoms with E-state index in [-0.39, 0.29) is 24.8 Å². The third-order valence-electron chi connectivity index (χ3n) is 9.31. The Morgan fingerprint density at radius 1 is 0.571 bits per heavy atom. The molecule has 0 radical (unpaired) electrons. The van der Waals surface area contributed by atoms with E-state index in [1.54, 1.807) is 0 Å². The number of carbonyl (C=O) groups is 2. The number of carbonyl (C=O) groups excluding carboxylic acids is 2. The van der Waals surface area contributed by atoms with E-state index < -0.39 is 53.0 Å². The third-order valence-corrected chi connectivity index (χ3v) is 9.31. The average molecular weight is 685 g/mol. The van der Waals surface area contributed by atoms with E-state index in [4.69, 9.17) is 14.2 Å². The number of ether oxygens (including phenoxy) is 3. The topological polar surface area (TPSA) is 123 Å². The molecule has 2 rings (SSSR count). The summed E-state index contributed by atoms with van der Waals surface area (Å²) in [4.78, 5) is 24.3. The van der Waals surface area contributed by atoms with E-state index in [1.165, 1.54) is 14.2 Å². The number of aliphatic hydroxyl groups is 3. The lowest BCUT2D eigenvalue weighted by Crippen LogP contribution is -2.45. The lowest BCUT2D eigenvalue weighted by Gasteiger charge is -2.43. The van der Waals surface area contributed by atoms with E-state index in [1.807, 2.05) is 0 Å². The molecule has 0 saturated carbocycles. The van der Waals surface area contributed by atoms with Crippen molar-refractivity contribution in [3.63, 3.8) is 0 Å². The SMILES string of the molecule is COC(=O)CCc1cc(C(C)(C)C)c(OC(c2c(C(C)(C)C)cc(CCC(=O)OC)cc2C(C)(C)C)C(CO)(CO)CO)c(C(C)(C)C)c1. The van der Waals surface area contributed by atoms with Crippen molar-refractivity contribution in [1.29, 1.82) is 0 Å². The summed E-state index contributed by atoms with van der Waals surface area (Å²) in [5.41, 5.74) is 3.31. The van der Waals surface area contributed by atoms with Crippen molar-refractivity contribution in [2.75, 3.05) is 34.0 Å². The Morgan fingerprint density at radius 2 is 0.878 bits per heavy atom. The molecule has 1 atom stereocenters. The second-order valence-corrected chi connectivity index (χ2v) is 17.6. The van der Waals surface area contributed by atoms with Crippen molar-refractivity contribution in [2.45, 2.75) is 137 Å². The summed E-state index contributed by atoms with van der Waals surface area (Å²) in [5.74, 6) is 0.0494. The summed E-state index contributed by atoms with van der Waals surface area (Å²) < 4.78 is 17.2. The molecule has 0 amide bonds. The molecular formula is C41H64O8. The monoisotopic (exact) mass is 684 g/mol. The number of rotatable bonds is 13. The molecule has 49 heavy (non-hydrogen) atoms. The van der Waals surface area contributed by atoms with E-state index in [0.29, 0.717) is 18.6 Å². The van der Waals surface area contributed by atoms with Crippen molar-refractivity contribution in [3.8, 4) is 5.75 Å². The number of aryl methyl sites for hydroxylation is 2. The van der Waals surface area contributed by atoms with Gasteiger partial charge in [0.25, 0.3) is 0 Å². The summed E-state index contributed by atoms with van der Waals surface area (Å²) >= 11 is 0. The van der Waals surface area contributed by atoms with Gasteiger partial charge in [0.15, 0.2) is 0 Å². The normalized spacial score (nSPS) is 13.7. The van der Waals surface area contributed by atoms with Gasteiger partial charge in [-0.15, -0.1) is 0 Å². The number of esters is 2. The molecule has 0 saturated heterocycles. The second kappa shape index (κ2) is 15.9. The summed E-state index contributed by atoms with van der Waals surface area (Å²) in [7, 11) is 2.77. The Balaban J connectivity index is 3.17. The van der Waals surface area contributed by atoms with Crippen molar-refractivity contribution >= 4 is 11.9 Å². The molecule has 3 N–H and O–H groups in total. The molecule has 8 heteroatoms. The maximum Gasteiger partial charge on any atom is 0.305 e. The zero-order valence-electron chi connectivity index (χ0n) is 32.7. The number of benzene rings is 2. The van der Waals surface area contributed by atoms with Gasteiger partial charge in [0.1, 0.15) is 11.9 Å². The van der Waals surface area contributed by atoms with E-state index in [9.17, 15) is 24.9 Å². The molecule has 2 aromatic rings. The van der Waals surface area contributed by atoms with Crippen LogP contribution >= 0.6 is 0 Å². The molecule has 1 unspecified atom stereocenters. The smallest absolute Gasteiger partial charge is 0.305 e. The Labute approximate surface area is 295 Å². The van der Waals surface area contributed by atoms with Crippen LogP contribution < -0.4 is 4.74 Å². The molecule has 0 heterocycles. The van der Waals surface area contributed by atoms with Gasteiger partial charge < -0.3 is 29.5 Å². The fourth-order valence-corrected chi connectivity index (χ4v) is 6.16. The lowest BCUT2D eigenvalue weighted by molar-refractivity contribution is -0.141. The van der Waals surface area contributed by atoms with Gasteiger partial charge >= 0.3 is 11.9 Å². The molecule has 8 nitrogen and oxygen atoms in total. The highest BCUT2D eigenvalue weighted by molar-refractivity contribution is 5.70. The number of methoxy groups -OCH3 is 2. The number of hydrogen-bond acceptors (Lipinski definition) is 8. The van der Waals surface area contributed by atoms with Crippen LogP contribution in [0.25, 0.3) is 0 Å². The molecule has 0 aliphatic heterocycles. The highest BCUT2D eigenvalue weighted by atomic mass is 16.5. The molecule has 0 bridgehead atoms. The van der Waals surface area contributed by atoms with Gasteiger partial charge in [-0.3, -0.25) is 9.59 Å². The minimum absolute atomic E-state index is 0.225. The Kier molecular flexibility index (Phi) is 13.7. The van der Waals surface area contributed by atoms with Gasteiger partial charge in [0, 0.05) is 29.5 Å². The molecule has 0 aliphatic rings. The summed E-state index contributed by atoms with van der Waals surface area (Å²) in [6.07, 6.45) is 0.454. The molecular weight excluding hydrogens is 620 g/mol. The van der Waals surface area contributed by atoms with Crippen molar-refractivity contribution in [3.05, 3.63) is 63.2 Å². The molecule has 0 spiro atoms. The maximum atomic E-state index is 12.2.